The van der Waals surface area contributed by atoms with Gasteiger partial charge in [0.1, 0.15) is 8.64 Å². The Bertz CT molecular complexity index is 231. The predicted molar refractivity (Wildman–Crippen MR) is 85.9 cm³/mol. The highest BCUT2D eigenvalue weighted by Crippen LogP contribution is 2.23. The van der Waals surface area contributed by atoms with Gasteiger partial charge in [-0.15, -0.1) is 0 Å². The van der Waals surface area contributed by atoms with E-state index in [4.69, 9.17) is 30.2 Å². The fourth-order valence-corrected chi connectivity index (χ4v) is 2.99. The zero-order valence-electron chi connectivity index (χ0n) is 9.99. The van der Waals surface area contributed by atoms with Gasteiger partial charge in [0.2, 0.25) is 0 Å². The summed E-state index contributed by atoms with van der Waals surface area (Å²) in [6.07, 6.45) is 3.60. The Morgan fingerprint density at radius 2 is 1.94 bits per heavy atom. The van der Waals surface area contributed by atoms with Crippen molar-refractivity contribution in [2.45, 2.75) is 46.1 Å². The van der Waals surface area contributed by atoms with Gasteiger partial charge in [0.05, 0.1) is 0 Å². The lowest BCUT2D eigenvalue weighted by Crippen LogP contribution is -2.36. The van der Waals surface area contributed by atoms with Crippen molar-refractivity contribution in [3.63, 3.8) is 0 Å². The van der Waals surface area contributed by atoms with Crippen molar-refractivity contribution in [1.82, 2.24) is 5.32 Å². The van der Waals surface area contributed by atoms with Crippen LogP contribution in [0.5, 0.6) is 0 Å². The fourth-order valence-electron chi connectivity index (χ4n) is 1.25. The summed E-state index contributed by atoms with van der Waals surface area (Å²) >= 11 is 10.0. The molecule has 3 N–H and O–H groups in total. The van der Waals surface area contributed by atoms with Gasteiger partial charge < -0.3 is 11.1 Å². The SMILES string of the molecule is CCCCC(NC(=S)SSC(N)=S)C(C)C. The molecule has 0 aliphatic carbocycles. The van der Waals surface area contributed by atoms with Crippen LogP contribution < -0.4 is 11.1 Å². The Morgan fingerprint density at radius 1 is 1.31 bits per heavy atom. The van der Waals surface area contributed by atoms with E-state index in [1.807, 2.05) is 0 Å². The number of rotatable bonds is 5. The van der Waals surface area contributed by atoms with Crippen molar-refractivity contribution in [3.05, 3.63) is 0 Å². The van der Waals surface area contributed by atoms with Crippen LogP contribution in [0, 0.1) is 5.92 Å². The zero-order chi connectivity index (χ0) is 12.6. The molecule has 0 bridgehead atoms. The molecule has 0 saturated carbocycles. The van der Waals surface area contributed by atoms with E-state index in [9.17, 15) is 0 Å². The smallest absolute Gasteiger partial charge is 0.145 e. The molecule has 0 aromatic carbocycles. The minimum atomic E-state index is 0.420. The molecule has 1 atom stereocenters. The van der Waals surface area contributed by atoms with Crippen LogP contribution in [-0.4, -0.2) is 14.7 Å². The molecule has 0 aliphatic heterocycles. The second-order valence-corrected chi connectivity index (χ2v) is 7.46. The minimum absolute atomic E-state index is 0.420. The third-order valence-electron chi connectivity index (χ3n) is 2.18. The second-order valence-electron chi connectivity index (χ2n) is 3.91. The summed E-state index contributed by atoms with van der Waals surface area (Å²) in [5.74, 6) is 0.583. The molecule has 0 heterocycles. The van der Waals surface area contributed by atoms with Crippen LogP contribution in [0.15, 0.2) is 0 Å². The van der Waals surface area contributed by atoms with Crippen molar-refractivity contribution in [2.75, 3.05) is 0 Å². The van der Waals surface area contributed by atoms with E-state index in [-0.39, 0.29) is 0 Å². The van der Waals surface area contributed by atoms with E-state index in [0.717, 1.165) is 10.7 Å². The molecule has 1 unspecified atom stereocenters. The van der Waals surface area contributed by atoms with Crippen molar-refractivity contribution in [3.8, 4) is 0 Å². The largest absolute Gasteiger partial charge is 0.384 e. The van der Waals surface area contributed by atoms with Crippen LogP contribution in [-0.2, 0) is 0 Å². The molecule has 0 fully saturated rings. The molecular weight excluding hydrogens is 276 g/mol. The molecule has 0 saturated heterocycles. The predicted octanol–water partition coefficient (Wildman–Crippen LogP) is 3.70. The van der Waals surface area contributed by atoms with Gasteiger partial charge in [0.15, 0.2) is 0 Å². The number of nitrogens with one attached hydrogen (secondary N) is 1. The maximum Gasteiger partial charge on any atom is 0.145 e. The number of unbranched alkanes of at least 4 members (excludes halogenated alkanes) is 1. The van der Waals surface area contributed by atoms with Crippen LogP contribution in [0.2, 0.25) is 0 Å². The van der Waals surface area contributed by atoms with Gasteiger partial charge in [-0.05, 0) is 33.9 Å². The maximum atomic E-state index is 5.40. The number of nitrogens with two attached hydrogens (primary N) is 1. The summed E-state index contributed by atoms with van der Waals surface area (Å²) in [5, 5.41) is 3.36. The van der Waals surface area contributed by atoms with Gasteiger partial charge in [0, 0.05) is 6.04 Å². The minimum Gasteiger partial charge on any atom is -0.384 e. The number of hydrogen-bond donors (Lipinski definition) is 2. The first kappa shape index (κ1) is 16.5. The monoisotopic (exact) mass is 296 g/mol. The first-order valence-corrected chi connectivity index (χ1v) is 8.38. The van der Waals surface area contributed by atoms with E-state index in [2.05, 4.69) is 26.1 Å². The van der Waals surface area contributed by atoms with Crippen LogP contribution >= 0.6 is 46.0 Å². The Balaban J connectivity index is 3.97. The van der Waals surface area contributed by atoms with Gasteiger partial charge in [-0.2, -0.15) is 0 Å². The number of hydrogen-bond acceptors (Lipinski definition) is 4. The standard InChI is InChI=1S/C10H20N2S4/c1-4-5-6-8(7(2)3)12-10(14)16-15-9(11)13/h7-8H,4-6H2,1-3H3,(H2,11,13)(H,12,14). The molecule has 0 amide bonds. The maximum absolute atomic E-state index is 5.40. The molecule has 0 aromatic rings. The zero-order valence-corrected chi connectivity index (χ0v) is 13.3. The van der Waals surface area contributed by atoms with E-state index >= 15 is 0 Å². The quantitative estimate of drug-likeness (QED) is 0.595. The third-order valence-corrected chi connectivity index (χ3v) is 5.23. The Hall–Kier alpha value is 0.480. The normalized spacial score (nSPS) is 12.5. The molecule has 6 heteroatoms. The molecule has 0 rings (SSSR count). The van der Waals surface area contributed by atoms with Crippen molar-refractivity contribution >= 4 is 54.7 Å². The molecule has 0 aliphatic rings. The lowest BCUT2D eigenvalue weighted by Gasteiger charge is -2.23. The van der Waals surface area contributed by atoms with Crippen molar-refractivity contribution in [2.24, 2.45) is 11.7 Å². The Labute approximate surface area is 117 Å². The summed E-state index contributed by atoms with van der Waals surface area (Å²) in [7, 11) is 2.77. The van der Waals surface area contributed by atoms with Crippen LogP contribution in [0.4, 0.5) is 0 Å². The molecule has 0 aromatic heterocycles. The summed E-state index contributed by atoms with van der Waals surface area (Å²) in [4.78, 5) is 0. The lowest BCUT2D eigenvalue weighted by molar-refractivity contribution is 0.418. The second kappa shape index (κ2) is 9.50. The third kappa shape index (κ3) is 8.61. The average molecular weight is 297 g/mol. The van der Waals surface area contributed by atoms with E-state index in [1.165, 1.54) is 34.4 Å². The topological polar surface area (TPSA) is 38.0 Å². The van der Waals surface area contributed by atoms with Crippen molar-refractivity contribution < 1.29 is 0 Å². The number of thiocarbonyl (C=S) groups is 2. The molecule has 0 radical (unpaired) electrons. The van der Waals surface area contributed by atoms with Gasteiger partial charge >= 0.3 is 0 Å². The average Bonchev–Trinajstić information content (AvgIpc) is 2.20. The highest BCUT2D eigenvalue weighted by molar-refractivity contribution is 8.89. The van der Waals surface area contributed by atoms with Crippen LogP contribution in [0.3, 0.4) is 0 Å². The Morgan fingerprint density at radius 3 is 2.38 bits per heavy atom. The summed E-state index contributed by atoms with van der Waals surface area (Å²) < 4.78 is 1.19. The summed E-state index contributed by atoms with van der Waals surface area (Å²) in [5.41, 5.74) is 5.40. The van der Waals surface area contributed by atoms with Gasteiger partial charge in [-0.1, -0.05) is 58.0 Å². The van der Waals surface area contributed by atoms with Crippen LogP contribution in [0.25, 0.3) is 0 Å². The fraction of sp³-hybridized carbons (Fsp3) is 0.800. The lowest BCUT2D eigenvalue weighted by atomic mass is 9.99. The molecular formula is C10H20N2S4. The van der Waals surface area contributed by atoms with Gasteiger partial charge in [0.25, 0.3) is 0 Å². The summed E-state index contributed by atoms with van der Waals surface area (Å²) in [6, 6.07) is 0.451. The van der Waals surface area contributed by atoms with Crippen molar-refractivity contribution in [1.29, 1.82) is 0 Å². The van der Waals surface area contributed by atoms with Gasteiger partial charge in [-0.25, -0.2) is 0 Å². The molecule has 2 nitrogen and oxygen atoms in total. The van der Waals surface area contributed by atoms with E-state index in [1.54, 1.807) is 0 Å². The highest BCUT2D eigenvalue weighted by Gasteiger charge is 2.14. The first-order valence-electron chi connectivity index (χ1n) is 5.41. The van der Waals surface area contributed by atoms with E-state index in [0.29, 0.717) is 16.3 Å². The molecule has 94 valence electrons. The molecule has 16 heavy (non-hydrogen) atoms. The first-order chi connectivity index (χ1) is 7.47. The summed E-state index contributed by atoms with van der Waals surface area (Å²) in [6.45, 7) is 6.62. The molecule has 0 spiro atoms. The van der Waals surface area contributed by atoms with Crippen LogP contribution in [0.1, 0.15) is 40.0 Å². The van der Waals surface area contributed by atoms with E-state index < -0.39 is 0 Å². The highest BCUT2D eigenvalue weighted by atomic mass is 33.1. The van der Waals surface area contributed by atoms with Gasteiger partial charge in [-0.3, -0.25) is 0 Å². The Kier molecular flexibility index (Phi) is 9.79.